The van der Waals surface area contributed by atoms with Gasteiger partial charge < -0.3 is 11.1 Å². The molecule has 1 amide bonds. The first-order valence-corrected chi connectivity index (χ1v) is 6.68. The fourth-order valence-electron chi connectivity index (χ4n) is 1.43. The van der Waals surface area contributed by atoms with Crippen LogP contribution < -0.4 is 11.1 Å². The quantitative estimate of drug-likeness (QED) is 0.855. The summed E-state index contributed by atoms with van der Waals surface area (Å²) in [5.74, 6) is -0.204. The normalized spacial score (nSPS) is 10.1. The van der Waals surface area contributed by atoms with Crippen molar-refractivity contribution in [2.75, 3.05) is 5.32 Å². The van der Waals surface area contributed by atoms with Crippen LogP contribution in [0.2, 0.25) is 5.02 Å². The summed E-state index contributed by atoms with van der Waals surface area (Å²) in [6.07, 6.45) is 0. The van der Waals surface area contributed by atoms with Gasteiger partial charge in [0.15, 0.2) is 0 Å². The highest BCUT2D eigenvalue weighted by Gasteiger charge is 2.11. The molecular formula is C12H9ClN2OS2. The number of carbonyl (C=O) groups excluding carboxylic acids is 1. The van der Waals surface area contributed by atoms with Crippen molar-refractivity contribution in [2.24, 2.45) is 5.73 Å². The van der Waals surface area contributed by atoms with Gasteiger partial charge in [-0.15, -0.1) is 11.3 Å². The third kappa shape index (κ3) is 2.87. The maximum atomic E-state index is 11.9. The monoisotopic (exact) mass is 296 g/mol. The highest BCUT2D eigenvalue weighted by atomic mass is 35.5. The number of rotatable bonds is 3. The smallest absolute Gasteiger partial charge is 0.265 e. The summed E-state index contributed by atoms with van der Waals surface area (Å²) >= 11 is 12.2. The summed E-state index contributed by atoms with van der Waals surface area (Å²) in [5, 5.41) is 5.10. The van der Waals surface area contributed by atoms with Gasteiger partial charge in [0.2, 0.25) is 0 Å². The molecule has 0 radical (unpaired) electrons. The molecule has 2 aromatic rings. The van der Waals surface area contributed by atoms with Crippen LogP contribution in [-0.2, 0) is 0 Å². The number of hydrogen-bond donors (Lipinski definition) is 2. The topological polar surface area (TPSA) is 55.1 Å². The van der Waals surface area contributed by atoms with Crippen molar-refractivity contribution < 1.29 is 4.79 Å². The first-order valence-electron chi connectivity index (χ1n) is 5.02. The Kier molecular flexibility index (Phi) is 3.96. The molecule has 6 heteroatoms. The van der Waals surface area contributed by atoms with E-state index in [1.165, 1.54) is 11.3 Å². The average molecular weight is 297 g/mol. The summed E-state index contributed by atoms with van der Waals surface area (Å²) in [5.41, 5.74) is 6.72. The fraction of sp³-hybridized carbons (Fsp3) is 0. The standard InChI is InChI=1S/C12H9ClN2OS2/c13-7-3-4-8(11(14)17)9(6-7)15-12(16)10-2-1-5-18-10/h1-6H,(H2,14,17)(H,15,16). The molecule has 0 fully saturated rings. The maximum absolute atomic E-state index is 11.9. The highest BCUT2D eigenvalue weighted by Crippen LogP contribution is 2.22. The van der Waals surface area contributed by atoms with Crippen molar-refractivity contribution in [3.8, 4) is 0 Å². The second kappa shape index (κ2) is 5.48. The minimum absolute atomic E-state index is 0.204. The Bertz CT molecular complexity index is 596. The fourth-order valence-corrected chi connectivity index (χ4v) is 2.40. The lowest BCUT2D eigenvalue weighted by Crippen LogP contribution is -2.16. The van der Waals surface area contributed by atoms with E-state index in [0.717, 1.165) is 0 Å². The number of halogens is 1. The van der Waals surface area contributed by atoms with Crippen LogP contribution in [0.1, 0.15) is 15.2 Å². The van der Waals surface area contributed by atoms with E-state index in [4.69, 9.17) is 29.6 Å². The Morgan fingerprint density at radius 2 is 2.17 bits per heavy atom. The minimum Gasteiger partial charge on any atom is -0.389 e. The third-order valence-electron chi connectivity index (χ3n) is 2.24. The maximum Gasteiger partial charge on any atom is 0.265 e. The molecule has 92 valence electrons. The van der Waals surface area contributed by atoms with Gasteiger partial charge in [0.1, 0.15) is 4.99 Å². The van der Waals surface area contributed by atoms with Gasteiger partial charge >= 0.3 is 0 Å². The zero-order chi connectivity index (χ0) is 13.1. The second-order valence-electron chi connectivity index (χ2n) is 3.49. The number of thiophene rings is 1. The summed E-state index contributed by atoms with van der Waals surface area (Å²) in [4.78, 5) is 12.8. The first-order chi connectivity index (χ1) is 8.58. The summed E-state index contributed by atoms with van der Waals surface area (Å²) in [6.45, 7) is 0. The van der Waals surface area contributed by atoms with Crippen LogP contribution in [0.4, 0.5) is 5.69 Å². The van der Waals surface area contributed by atoms with Gasteiger partial charge in [-0.3, -0.25) is 4.79 Å². The molecule has 0 spiro atoms. The number of nitrogens with two attached hydrogens (primary N) is 1. The number of nitrogens with one attached hydrogen (secondary N) is 1. The van der Waals surface area contributed by atoms with Gasteiger partial charge in [-0.1, -0.05) is 29.9 Å². The van der Waals surface area contributed by atoms with Gasteiger partial charge in [0.05, 0.1) is 10.6 Å². The van der Waals surface area contributed by atoms with Gasteiger partial charge in [-0.05, 0) is 29.6 Å². The molecule has 0 bridgehead atoms. The van der Waals surface area contributed by atoms with E-state index in [1.807, 2.05) is 11.4 Å². The van der Waals surface area contributed by atoms with Gasteiger partial charge in [-0.2, -0.15) is 0 Å². The van der Waals surface area contributed by atoms with Crippen LogP contribution in [0.3, 0.4) is 0 Å². The number of thiocarbonyl (C=S) groups is 1. The summed E-state index contributed by atoms with van der Waals surface area (Å²) in [7, 11) is 0. The molecule has 0 unspecified atom stereocenters. The molecule has 0 saturated heterocycles. The zero-order valence-electron chi connectivity index (χ0n) is 9.14. The lowest BCUT2D eigenvalue weighted by Gasteiger charge is -2.09. The number of benzene rings is 1. The molecule has 0 aliphatic carbocycles. The van der Waals surface area contributed by atoms with Crippen LogP contribution in [0.25, 0.3) is 0 Å². The predicted molar refractivity (Wildman–Crippen MR) is 79.6 cm³/mol. The summed E-state index contributed by atoms with van der Waals surface area (Å²) < 4.78 is 0. The van der Waals surface area contributed by atoms with Crippen LogP contribution in [0.5, 0.6) is 0 Å². The zero-order valence-corrected chi connectivity index (χ0v) is 11.5. The predicted octanol–water partition coefficient (Wildman–Crippen LogP) is 3.29. The van der Waals surface area contributed by atoms with Crippen molar-refractivity contribution >= 4 is 51.7 Å². The van der Waals surface area contributed by atoms with E-state index in [1.54, 1.807) is 24.3 Å². The highest BCUT2D eigenvalue weighted by molar-refractivity contribution is 7.80. The lowest BCUT2D eigenvalue weighted by atomic mass is 10.1. The molecule has 0 aliphatic heterocycles. The first kappa shape index (κ1) is 13.0. The van der Waals surface area contributed by atoms with E-state index in [0.29, 0.717) is 21.2 Å². The van der Waals surface area contributed by atoms with E-state index >= 15 is 0 Å². The molecule has 1 aromatic heterocycles. The van der Waals surface area contributed by atoms with Gasteiger partial charge in [-0.25, -0.2) is 0 Å². The van der Waals surface area contributed by atoms with Gasteiger partial charge in [0, 0.05) is 10.6 Å². The second-order valence-corrected chi connectivity index (χ2v) is 5.31. The third-order valence-corrected chi connectivity index (χ3v) is 3.56. The molecule has 3 nitrogen and oxygen atoms in total. The molecule has 0 aliphatic rings. The number of amides is 1. The molecule has 1 heterocycles. The molecule has 0 atom stereocenters. The minimum atomic E-state index is -0.204. The Labute approximate surface area is 119 Å². The number of carbonyl (C=O) groups is 1. The van der Waals surface area contributed by atoms with E-state index in [9.17, 15) is 4.79 Å². The van der Waals surface area contributed by atoms with Crippen LogP contribution in [0.15, 0.2) is 35.7 Å². The van der Waals surface area contributed by atoms with Gasteiger partial charge in [0.25, 0.3) is 5.91 Å². The van der Waals surface area contributed by atoms with Crippen LogP contribution >= 0.6 is 35.2 Å². The van der Waals surface area contributed by atoms with E-state index < -0.39 is 0 Å². The molecule has 1 aromatic carbocycles. The largest absolute Gasteiger partial charge is 0.389 e. The number of anilines is 1. The molecule has 3 N–H and O–H groups in total. The Hall–Kier alpha value is -1.43. The van der Waals surface area contributed by atoms with E-state index in [2.05, 4.69) is 5.32 Å². The van der Waals surface area contributed by atoms with Crippen molar-refractivity contribution in [3.05, 3.63) is 51.2 Å². The Balaban J connectivity index is 2.31. The van der Waals surface area contributed by atoms with Crippen molar-refractivity contribution in [2.45, 2.75) is 0 Å². The summed E-state index contributed by atoms with van der Waals surface area (Å²) in [6, 6.07) is 8.55. The Morgan fingerprint density at radius 1 is 1.39 bits per heavy atom. The SMILES string of the molecule is NC(=S)c1ccc(Cl)cc1NC(=O)c1cccs1. The van der Waals surface area contributed by atoms with E-state index in [-0.39, 0.29) is 10.9 Å². The molecule has 0 saturated carbocycles. The van der Waals surface area contributed by atoms with Crippen LogP contribution in [0, 0.1) is 0 Å². The van der Waals surface area contributed by atoms with Crippen molar-refractivity contribution in [1.29, 1.82) is 0 Å². The van der Waals surface area contributed by atoms with Crippen molar-refractivity contribution in [3.63, 3.8) is 0 Å². The van der Waals surface area contributed by atoms with Crippen LogP contribution in [-0.4, -0.2) is 10.9 Å². The molecule has 18 heavy (non-hydrogen) atoms. The number of hydrogen-bond acceptors (Lipinski definition) is 3. The average Bonchev–Trinajstić information content (AvgIpc) is 2.81. The molecular weight excluding hydrogens is 288 g/mol. The Morgan fingerprint density at radius 3 is 2.78 bits per heavy atom. The van der Waals surface area contributed by atoms with Crippen molar-refractivity contribution in [1.82, 2.24) is 0 Å². The lowest BCUT2D eigenvalue weighted by molar-refractivity contribution is 0.103. The molecule has 2 rings (SSSR count).